The quantitative estimate of drug-likeness (QED) is 0.574. The second-order valence-corrected chi connectivity index (χ2v) is 3.60. The third-order valence-corrected chi connectivity index (χ3v) is 2.54. The predicted molar refractivity (Wildman–Crippen MR) is 52.0 cm³/mol. The average molecular weight is 161 g/mol. The smallest absolute Gasteiger partial charge is 0.0205 e. The lowest BCUT2D eigenvalue weighted by Crippen LogP contribution is -2.24. The Morgan fingerprint density at radius 2 is 2.33 bits per heavy atom. The van der Waals surface area contributed by atoms with Gasteiger partial charge in [0, 0.05) is 6.54 Å². The Balaban J connectivity index is 2.27. The normalized spacial score (nSPS) is 23.2. The molecular formula is C11H15N. The molecule has 0 aromatic carbocycles. The van der Waals surface area contributed by atoms with Crippen molar-refractivity contribution in [3.63, 3.8) is 0 Å². The molecule has 0 bridgehead atoms. The minimum Gasteiger partial charge on any atom is -0.312 e. The molecule has 1 heteroatoms. The lowest BCUT2D eigenvalue weighted by Gasteiger charge is -2.18. The first kappa shape index (κ1) is 7.81. The predicted octanol–water partition coefficient (Wildman–Crippen LogP) is 2.18. The number of hydrogen-bond acceptors (Lipinski definition) is 1. The Kier molecular flexibility index (Phi) is 2.13. The van der Waals surface area contributed by atoms with Crippen molar-refractivity contribution in [3.05, 3.63) is 34.9 Å². The number of hydrogen-bond donors (Lipinski definition) is 1. The molecule has 0 radical (unpaired) electrons. The van der Waals surface area contributed by atoms with E-state index in [1.807, 2.05) is 0 Å². The van der Waals surface area contributed by atoms with Crippen LogP contribution in [-0.4, -0.2) is 13.1 Å². The first-order chi connectivity index (χ1) is 5.86. The fraction of sp³-hybridized carbons (Fsp3) is 0.455. The highest BCUT2D eigenvalue weighted by atomic mass is 14.9. The lowest BCUT2D eigenvalue weighted by atomic mass is 9.97. The van der Waals surface area contributed by atoms with Gasteiger partial charge in [0.05, 0.1) is 0 Å². The highest BCUT2D eigenvalue weighted by Gasteiger charge is 2.11. The van der Waals surface area contributed by atoms with Crippen LogP contribution in [0.4, 0.5) is 0 Å². The van der Waals surface area contributed by atoms with Gasteiger partial charge in [-0.15, -0.1) is 0 Å². The Morgan fingerprint density at radius 1 is 1.42 bits per heavy atom. The van der Waals surface area contributed by atoms with Crippen LogP contribution in [0.2, 0.25) is 0 Å². The van der Waals surface area contributed by atoms with Crippen LogP contribution >= 0.6 is 0 Å². The molecule has 1 aliphatic carbocycles. The summed E-state index contributed by atoms with van der Waals surface area (Å²) in [7, 11) is 0. The fourth-order valence-corrected chi connectivity index (χ4v) is 1.85. The number of nitrogens with one attached hydrogen (secondary N) is 1. The molecule has 0 aromatic rings. The van der Waals surface area contributed by atoms with Crippen LogP contribution in [0.1, 0.15) is 19.8 Å². The Bertz CT molecular complexity index is 269. The van der Waals surface area contributed by atoms with Crippen molar-refractivity contribution in [1.82, 2.24) is 5.32 Å². The second-order valence-electron chi connectivity index (χ2n) is 3.60. The molecule has 1 aliphatic heterocycles. The molecule has 0 saturated carbocycles. The summed E-state index contributed by atoms with van der Waals surface area (Å²) in [5, 5.41) is 3.39. The van der Waals surface area contributed by atoms with Gasteiger partial charge in [-0.1, -0.05) is 29.4 Å². The molecule has 2 rings (SSSR count). The van der Waals surface area contributed by atoms with Crippen LogP contribution in [0.25, 0.3) is 0 Å². The first-order valence-electron chi connectivity index (χ1n) is 4.62. The molecule has 64 valence electrons. The first-order valence-corrected chi connectivity index (χ1v) is 4.62. The molecule has 12 heavy (non-hydrogen) atoms. The molecule has 0 unspecified atom stereocenters. The highest BCUT2D eigenvalue weighted by Crippen LogP contribution is 2.23. The Hall–Kier alpha value is -0.820. The molecule has 0 amide bonds. The zero-order valence-corrected chi connectivity index (χ0v) is 7.56. The molecule has 1 N–H and O–H groups in total. The van der Waals surface area contributed by atoms with Gasteiger partial charge in [0.2, 0.25) is 0 Å². The van der Waals surface area contributed by atoms with Gasteiger partial charge < -0.3 is 5.32 Å². The fourth-order valence-electron chi connectivity index (χ4n) is 1.85. The van der Waals surface area contributed by atoms with Gasteiger partial charge in [-0.25, -0.2) is 0 Å². The molecular weight excluding hydrogens is 146 g/mol. The van der Waals surface area contributed by atoms with Gasteiger partial charge >= 0.3 is 0 Å². The van der Waals surface area contributed by atoms with E-state index < -0.39 is 0 Å². The summed E-state index contributed by atoms with van der Waals surface area (Å²) in [5.74, 6) is 0. The maximum Gasteiger partial charge on any atom is 0.0205 e. The van der Waals surface area contributed by atoms with E-state index in [2.05, 4.69) is 30.5 Å². The largest absolute Gasteiger partial charge is 0.312 e. The molecule has 0 aromatic heterocycles. The third-order valence-electron chi connectivity index (χ3n) is 2.54. The summed E-state index contributed by atoms with van der Waals surface area (Å²) in [5.41, 5.74) is 4.63. The summed E-state index contributed by atoms with van der Waals surface area (Å²) < 4.78 is 0. The standard InChI is InChI=1S/C11H15N/c1-9-3-2-4-11-8-12-6-5-10(11)7-9/h2-4,12H,5-8H2,1H3. The molecule has 1 nitrogen and oxygen atoms in total. The van der Waals surface area contributed by atoms with Crippen molar-refractivity contribution in [2.45, 2.75) is 19.8 Å². The van der Waals surface area contributed by atoms with Crippen LogP contribution in [0, 0.1) is 0 Å². The van der Waals surface area contributed by atoms with E-state index in [9.17, 15) is 0 Å². The second kappa shape index (κ2) is 3.28. The van der Waals surface area contributed by atoms with Crippen molar-refractivity contribution in [1.29, 1.82) is 0 Å². The molecule has 1 heterocycles. The average Bonchev–Trinajstić information content (AvgIpc) is 2.25. The summed E-state index contributed by atoms with van der Waals surface area (Å²) >= 11 is 0. The molecule has 0 atom stereocenters. The highest BCUT2D eigenvalue weighted by molar-refractivity contribution is 5.37. The Labute approximate surface area is 73.9 Å². The summed E-state index contributed by atoms with van der Waals surface area (Å²) in [4.78, 5) is 0. The number of rotatable bonds is 0. The maximum absolute atomic E-state index is 3.39. The molecule has 2 aliphatic rings. The maximum atomic E-state index is 3.39. The van der Waals surface area contributed by atoms with Gasteiger partial charge in [-0.05, 0) is 31.9 Å². The lowest BCUT2D eigenvalue weighted by molar-refractivity contribution is 0.675. The summed E-state index contributed by atoms with van der Waals surface area (Å²) in [6.45, 7) is 4.43. The third kappa shape index (κ3) is 1.51. The van der Waals surface area contributed by atoms with Gasteiger partial charge in [0.1, 0.15) is 0 Å². The monoisotopic (exact) mass is 161 g/mol. The summed E-state index contributed by atoms with van der Waals surface area (Å²) in [6, 6.07) is 0. The van der Waals surface area contributed by atoms with Gasteiger partial charge in [-0.3, -0.25) is 0 Å². The van der Waals surface area contributed by atoms with Gasteiger partial charge in [-0.2, -0.15) is 0 Å². The van der Waals surface area contributed by atoms with Crippen molar-refractivity contribution >= 4 is 0 Å². The van der Waals surface area contributed by atoms with Crippen molar-refractivity contribution in [2.75, 3.05) is 13.1 Å². The van der Waals surface area contributed by atoms with E-state index in [0.717, 1.165) is 13.1 Å². The van der Waals surface area contributed by atoms with E-state index in [1.165, 1.54) is 24.0 Å². The van der Waals surface area contributed by atoms with Crippen LogP contribution in [0.5, 0.6) is 0 Å². The topological polar surface area (TPSA) is 12.0 Å². The van der Waals surface area contributed by atoms with Crippen LogP contribution in [0.15, 0.2) is 34.9 Å². The summed E-state index contributed by atoms with van der Waals surface area (Å²) in [6.07, 6.45) is 9.05. The zero-order valence-electron chi connectivity index (χ0n) is 7.56. The molecule has 0 saturated heterocycles. The van der Waals surface area contributed by atoms with Crippen LogP contribution in [-0.2, 0) is 0 Å². The Morgan fingerprint density at radius 3 is 3.25 bits per heavy atom. The van der Waals surface area contributed by atoms with Crippen molar-refractivity contribution in [2.24, 2.45) is 0 Å². The van der Waals surface area contributed by atoms with E-state index in [0.29, 0.717) is 0 Å². The van der Waals surface area contributed by atoms with E-state index in [-0.39, 0.29) is 0 Å². The van der Waals surface area contributed by atoms with Gasteiger partial charge in [0.15, 0.2) is 0 Å². The van der Waals surface area contributed by atoms with Gasteiger partial charge in [0.25, 0.3) is 0 Å². The zero-order chi connectivity index (χ0) is 8.39. The van der Waals surface area contributed by atoms with Crippen molar-refractivity contribution in [3.8, 4) is 0 Å². The molecule has 0 spiro atoms. The van der Waals surface area contributed by atoms with Crippen LogP contribution < -0.4 is 5.32 Å². The minimum absolute atomic E-state index is 1.06. The van der Waals surface area contributed by atoms with E-state index in [1.54, 1.807) is 5.57 Å². The molecule has 0 fully saturated rings. The van der Waals surface area contributed by atoms with Crippen LogP contribution in [0.3, 0.4) is 0 Å². The number of allylic oxidation sites excluding steroid dienone is 3. The van der Waals surface area contributed by atoms with E-state index in [4.69, 9.17) is 0 Å². The van der Waals surface area contributed by atoms with E-state index >= 15 is 0 Å². The minimum atomic E-state index is 1.06. The van der Waals surface area contributed by atoms with Crippen molar-refractivity contribution < 1.29 is 0 Å². The SMILES string of the molecule is CC1=CC=CC2=C(CCNC2)C1.